The normalized spacial score (nSPS) is 9.70. The molecule has 0 bridgehead atoms. The second kappa shape index (κ2) is 7.07. The first-order valence-corrected chi connectivity index (χ1v) is 5.74. The summed E-state index contributed by atoms with van der Waals surface area (Å²) < 4.78 is 17.5. The highest BCUT2D eigenvalue weighted by Gasteiger charge is 2.14. The van der Waals surface area contributed by atoms with Crippen molar-refractivity contribution in [3.8, 4) is 0 Å². The molecule has 0 radical (unpaired) electrons. The third kappa shape index (κ3) is 4.56. The number of anilines is 1. The molecule has 0 heterocycles. The minimum Gasteiger partial charge on any atom is -0.452 e. The summed E-state index contributed by atoms with van der Waals surface area (Å²) in [6.45, 7) is 1.39. The fourth-order valence-electron chi connectivity index (χ4n) is 1.30. The smallest absolute Gasteiger partial charge is 0.340 e. The number of nitrogen functional groups attached to an aromatic ring is 1. The number of amides is 3. The van der Waals surface area contributed by atoms with Crippen LogP contribution in [0.3, 0.4) is 0 Å². The number of benzene rings is 1. The molecule has 1 aromatic rings. The molecular formula is C12H14FN3O4. The van der Waals surface area contributed by atoms with Crippen molar-refractivity contribution in [1.82, 2.24) is 10.6 Å². The summed E-state index contributed by atoms with van der Waals surface area (Å²) in [6.07, 6.45) is 0. The number of rotatable bonds is 4. The van der Waals surface area contributed by atoms with Gasteiger partial charge in [-0.3, -0.25) is 10.1 Å². The van der Waals surface area contributed by atoms with Crippen molar-refractivity contribution >= 4 is 23.6 Å². The number of ether oxygens (including phenoxy) is 1. The number of urea groups is 1. The Balaban J connectivity index is 2.51. The van der Waals surface area contributed by atoms with Gasteiger partial charge >= 0.3 is 12.0 Å². The zero-order valence-corrected chi connectivity index (χ0v) is 10.7. The maximum atomic E-state index is 12.8. The highest BCUT2D eigenvalue weighted by atomic mass is 19.1. The lowest BCUT2D eigenvalue weighted by molar-refractivity contribution is -0.123. The Morgan fingerprint density at radius 3 is 2.65 bits per heavy atom. The van der Waals surface area contributed by atoms with Gasteiger partial charge in [0.15, 0.2) is 6.61 Å². The molecule has 3 amide bonds. The van der Waals surface area contributed by atoms with Crippen molar-refractivity contribution in [2.45, 2.75) is 6.92 Å². The number of nitrogens with one attached hydrogen (secondary N) is 2. The Bertz CT molecular complexity index is 533. The van der Waals surface area contributed by atoms with E-state index in [2.05, 4.69) is 10.1 Å². The number of hydrogen-bond acceptors (Lipinski definition) is 5. The summed E-state index contributed by atoms with van der Waals surface area (Å²) in [5.74, 6) is -2.26. The first-order chi connectivity index (χ1) is 9.43. The highest BCUT2D eigenvalue weighted by molar-refractivity contribution is 5.98. The van der Waals surface area contributed by atoms with E-state index < -0.39 is 30.3 Å². The van der Waals surface area contributed by atoms with Crippen LogP contribution in [-0.2, 0) is 9.53 Å². The van der Waals surface area contributed by atoms with E-state index in [4.69, 9.17) is 5.73 Å². The molecule has 20 heavy (non-hydrogen) atoms. The average molecular weight is 283 g/mol. The molecule has 0 spiro atoms. The molecule has 0 saturated heterocycles. The van der Waals surface area contributed by atoms with Crippen molar-refractivity contribution < 1.29 is 23.5 Å². The predicted molar refractivity (Wildman–Crippen MR) is 68.3 cm³/mol. The Morgan fingerprint density at radius 2 is 2.05 bits per heavy atom. The van der Waals surface area contributed by atoms with Gasteiger partial charge in [-0.15, -0.1) is 0 Å². The summed E-state index contributed by atoms with van der Waals surface area (Å²) in [5.41, 5.74) is 5.29. The maximum absolute atomic E-state index is 12.8. The summed E-state index contributed by atoms with van der Waals surface area (Å²) >= 11 is 0. The number of esters is 1. The lowest BCUT2D eigenvalue weighted by Crippen LogP contribution is -2.41. The van der Waals surface area contributed by atoms with Crippen LogP contribution < -0.4 is 16.4 Å². The molecule has 1 rings (SSSR count). The molecule has 0 aromatic heterocycles. The van der Waals surface area contributed by atoms with Crippen LogP contribution in [0, 0.1) is 5.82 Å². The standard InChI is InChI=1S/C12H14FN3O4/c1-2-15-12(19)16-10(17)6-20-11(18)8-4-3-7(13)5-9(8)14/h3-5H,2,6,14H2,1H3,(H2,15,16,17,19). The van der Waals surface area contributed by atoms with E-state index >= 15 is 0 Å². The van der Waals surface area contributed by atoms with Crippen LogP contribution in [0.4, 0.5) is 14.9 Å². The molecule has 0 fully saturated rings. The Kier molecular flexibility index (Phi) is 5.45. The van der Waals surface area contributed by atoms with E-state index in [9.17, 15) is 18.8 Å². The van der Waals surface area contributed by atoms with Gasteiger partial charge in [0.1, 0.15) is 5.82 Å². The van der Waals surface area contributed by atoms with Crippen LogP contribution in [0.5, 0.6) is 0 Å². The van der Waals surface area contributed by atoms with E-state index in [-0.39, 0.29) is 11.3 Å². The van der Waals surface area contributed by atoms with Crippen LogP contribution >= 0.6 is 0 Å². The van der Waals surface area contributed by atoms with Crippen LogP contribution in [0.2, 0.25) is 0 Å². The van der Waals surface area contributed by atoms with Crippen molar-refractivity contribution in [1.29, 1.82) is 0 Å². The third-order valence-corrected chi connectivity index (χ3v) is 2.16. The van der Waals surface area contributed by atoms with Gasteiger partial charge in [-0.05, 0) is 25.1 Å². The predicted octanol–water partition coefficient (Wildman–Crippen LogP) is 0.410. The van der Waals surface area contributed by atoms with E-state index in [1.165, 1.54) is 0 Å². The summed E-state index contributed by atoms with van der Waals surface area (Å²) in [6, 6.07) is 2.47. The minimum atomic E-state index is -0.881. The van der Waals surface area contributed by atoms with Gasteiger partial charge in [0.05, 0.1) is 5.56 Å². The molecule has 0 saturated carbocycles. The summed E-state index contributed by atoms with van der Waals surface area (Å²) in [4.78, 5) is 33.9. The number of carbonyl (C=O) groups is 3. The Morgan fingerprint density at radius 1 is 1.35 bits per heavy atom. The topological polar surface area (TPSA) is 111 Å². The molecule has 0 unspecified atom stereocenters. The lowest BCUT2D eigenvalue weighted by atomic mass is 10.2. The number of imide groups is 1. The van der Waals surface area contributed by atoms with Crippen LogP contribution in [0.1, 0.15) is 17.3 Å². The van der Waals surface area contributed by atoms with Crippen molar-refractivity contribution in [2.24, 2.45) is 0 Å². The van der Waals surface area contributed by atoms with E-state index in [0.717, 1.165) is 18.2 Å². The molecular weight excluding hydrogens is 269 g/mol. The lowest BCUT2D eigenvalue weighted by Gasteiger charge is -2.07. The van der Waals surface area contributed by atoms with Gasteiger partial charge in [0.25, 0.3) is 5.91 Å². The van der Waals surface area contributed by atoms with Crippen LogP contribution in [0.15, 0.2) is 18.2 Å². The molecule has 8 heteroatoms. The Hall–Kier alpha value is -2.64. The molecule has 0 aliphatic heterocycles. The molecule has 0 aliphatic rings. The molecule has 0 aliphatic carbocycles. The Labute approximate surface area is 114 Å². The van der Waals surface area contributed by atoms with E-state index in [1.54, 1.807) is 6.92 Å². The molecule has 1 aromatic carbocycles. The molecule has 0 atom stereocenters. The molecule has 7 nitrogen and oxygen atoms in total. The maximum Gasteiger partial charge on any atom is 0.340 e. The molecule has 4 N–H and O–H groups in total. The number of nitrogens with two attached hydrogens (primary N) is 1. The van der Waals surface area contributed by atoms with E-state index in [1.807, 2.05) is 5.32 Å². The minimum absolute atomic E-state index is 0.0581. The van der Waals surface area contributed by atoms with Crippen molar-refractivity contribution in [3.05, 3.63) is 29.6 Å². The van der Waals surface area contributed by atoms with E-state index in [0.29, 0.717) is 6.54 Å². The third-order valence-electron chi connectivity index (χ3n) is 2.16. The van der Waals surface area contributed by atoms with Gasteiger partial charge in [0, 0.05) is 12.2 Å². The summed E-state index contributed by atoms with van der Waals surface area (Å²) in [5, 5.41) is 4.29. The van der Waals surface area contributed by atoms with Gasteiger partial charge in [-0.1, -0.05) is 0 Å². The van der Waals surface area contributed by atoms with Crippen LogP contribution in [-0.4, -0.2) is 31.1 Å². The number of halogens is 1. The average Bonchev–Trinajstić information content (AvgIpc) is 2.36. The van der Waals surface area contributed by atoms with Crippen molar-refractivity contribution in [2.75, 3.05) is 18.9 Å². The first kappa shape index (κ1) is 15.4. The number of hydrogen-bond donors (Lipinski definition) is 3. The largest absolute Gasteiger partial charge is 0.452 e. The van der Waals surface area contributed by atoms with Gasteiger partial charge in [-0.2, -0.15) is 0 Å². The zero-order valence-electron chi connectivity index (χ0n) is 10.7. The van der Waals surface area contributed by atoms with Crippen molar-refractivity contribution in [3.63, 3.8) is 0 Å². The fourth-order valence-corrected chi connectivity index (χ4v) is 1.30. The zero-order chi connectivity index (χ0) is 15.1. The second-order valence-electron chi connectivity index (χ2n) is 3.72. The fraction of sp³-hybridized carbons (Fsp3) is 0.250. The number of carbonyl (C=O) groups excluding carboxylic acids is 3. The monoisotopic (exact) mass is 283 g/mol. The SMILES string of the molecule is CCNC(=O)NC(=O)COC(=O)c1ccc(F)cc1N. The summed E-state index contributed by atoms with van der Waals surface area (Å²) in [7, 11) is 0. The molecule has 108 valence electrons. The first-order valence-electron chi connectivity index (χ1n) is 5.74. The highest BCUT2D eigenvalue weighted by Crippen LogP contribution is 2.14. The van der Waals surface area contributed by atoms with Gasteiger partial charge < -0.3 is 15.8 Å². The quantitative estimate of drug-likeness (QED) is 0.547. The van der Waals surface area contributed by atoms with Gasteiger partial charge in [0.2, 0.25) is 0 Å². The van der Waals surface area contributed by atoms with Crippen LogP contribution in [0.25, 0.3) is 0 Å². The van der Waals surface area contributed by atoms with Gasteiger partial charge in [-0.25, -0.2) is 14.0 Å². The second-order valence-corrected chi connectivity index (χ2v) is 3.72.